The Labute approximate surface area is 167 Å². The average molecular weight is 394 g/mol. The van der Waals surface area contributed by atoms with Crippen molar-refractivity contribution < 1.29 is 19.4 Å². The van der Waals surface area contributed by atoms with Gasteiger partial charge in [0.25, 0.3) is 5.91 Å². The van der Waals surface area contributed by atoms with Crippen LogP contribution in [0.25, 0.3) is 22.3 Å². The first kappa shape index (κ1) is 19.1. The molecule has 1 saturated heterocycles. The minimum Gasteiger partial charge on any atom is -0.481 e. The molecule has 0 aliphatic carbocycles. The Bertz CT molecular complexity index is 1090. The number of fused-ring (bicyclic) bond motifs is 1. The number of nitrogens with one attached hydrogen (secondary N) is 1. The number of aliphatic carboxylic acids is 1. The summed E-state index contributed by atoms with van der Waals surface area (Å²) in [6, 6.07) is 11.3. The summed E-state index contributed by atoms with van der Waals surface area (Å²) in [4.78, 5) is 29.4. The van der Waals surface area contributed by atoms with Crippen LogP contribution in [0.2, 0.25) is 0 Å². The zero-order valence-corrected chi connectivity index (χ0v) is 16.3. The van der Waals surface area contributed by atoms with Gasteiger partial charge in [0, 0.05) is 19.2 Å². The van der Waals surface area contributed by atoms with E-state index in [1.54, 1.807) is 17.8 Å². The van der Waals surface area contributed by atoms with E-state index in [1.165, 1.54) is 0 Å². The lowest BCUT2D eigenvalue weighted by atomic mass is 9.93. The maximum absolute atomic E-state index is 13.3. The third-order valence-electron chi connectivity index (χ3n) is 5.25. The molecule has 0 saturated carbocycles. The summed E-state index contributed by atoms with van der Waals surface area (Å²) in [6.45, 7) is 2.42. The van der Waals surface area contributed by atoms with Crippen LogP contribution in [-0.4, -0.2) is 50.5 Å². The second-order valence-corrected chi connectivity index (χ2v) is 7.44. The molecule has 3 aromatic rings. The van der Waals surface area contributed by atoms with Crippen molar-refractivity contribution in [3.8, 4) is 11.3 Å². The Hall–Kier alpha value is -3.26. The van der Waals surface area contributed by atoms with E-state index >= 15 is 0 Å². The van der Waals surface area contributed by atoms with Gasteiger partial charge in [0.1, 0.15) is 0 Å². The van der Waals surface area contributed by atoms with Crippen LogP contribution in [0.4, 0.5) is 0 Å². The van der Waals surface area contributed by atoms with Gasteiger partial charge in [-0.05, 0) is 19.4 Å². The molecule has 2 aromatic heterocycles. The highest BCUT2D eigenvalue weighted by Crippen LogP contribution is 2.29. The minimum atomic E-state index is -0.974. The average Bonchev–Trinajstić information content (AvgIpc) is 3.25. The number of hydrogen-bond acceptors (Lipinski definition) is 5. The van der Waals surface area contributed by atoms with E-state index in [-0.39, 0.29) is 18.9 Å². The van der Waals surface area contributed by atoms with Gasteiger partial charge in [0.05, 0.1) is 40.9 Å². The van der Waals surface area contributed by atoms with Crippen LogP contribution in [0.3, 0.4) is 0 Å². The molecule has 1 unspecified atom stereocenters. The van der Waals surface area contributed by atoms with Gasteiger partial charge in [0.15, 0.2) is 5.65 Å². The molecule has 0 radical (unpaired) electrons. The van der Waals surface area contributed by atoms with Crippen molar-refractivity contribution in [2.24, 2.45) is 7.05 Å². The first-order valence-electron chi connectivity index (χ1n) is 9.40. The van der Waals surface area contributed by atoms with Gasteiger partial charge in [-0.2, -0.15) is 5.10 Å². The van der Waals surface area contributed by atoms with E-state index in [0.717, 1.165) is 5.56 Å². The second kappa shape index (κ2) is 7.29. The Morgan fingerprint density at radius 1 is 1.31 bits per heavy atom. The zero-order chi connectivity index (χ0) is 20.6. The number of pyridine rings is 1. The van der Waals surface area contributed by atoms with Crippen LogP contribution in [0.5, 0.6) is 0 Å². The van der Waals surface area contributed by atoms with Crippen molar-refractivity contribution in [3.63, 3.8) is 0 Å². The number of rotatable bonds is 5. The third kappa shape index (κ3) is 3.58. The number of benzene rings is 1. The van der Waals surface area contributed by atoms with E-state index in [1.807, 2.05) is 37.3 Å². The molecule has 1 aromatic carbocycles. The first-order chi connectivity index (χ1) is 13.9. The quantitative estimate of drug-likeness (QED) is 0.688. The number of carbonyl (C=O) groups excluding carboxylic acids is 1. The SMILES string of the molecule is Cc1nn(C)c2nc(-c3ccccc3)cc(C(=O)NC3(CC(=O)O)CCOC3)c12. The van der Waals surface area contributed by atoms with Gasteiger partial charge < -0.3 is 15.2 Å². The van der Waals surface area contributed by atoms with Crippen LogP contribution in [0.1, 0.15) is 28.9 Å². The van der Waals surface area contributed by atoms with Crippen molar-refractivity contribution in [2.45, 2.75) is 25.3 Å². The summed E-state index contributed by atoms with van der Waals surface area (Å²) in [5, 5.41) is 17.3. The van der Waals surface area contributed by atoms with Gasteiger partial charge in [-0.3, -0.25) is 14.3 Å². The van der Waals surface area contributed by atoms with E-state index in [2.05, 4.69) is 10.4 Å². The molecule has 1 amide bonds. The highest BCUT2D eigenvalue weighted by molar-refractivity contribution is 6.08. The molecule has 3 heterocycles. The highest BCUT2D eigenvalue weighted by atomic mass is 16.5. The molecule has 8 nitrogen and oxygen atoms in total. The molecule has 150 valence electrons. The van der Waals surface area contributed by atoms with Crippen molar-refractivity contribution >= 4 is 22.9 Å². The maximum atomic E-state index is 13.3. The standard InChI is InChI=1S/C21H22N4O4/c1-13-18-15(20(28)23-21(11-17(26)27)8-9-29-12-21)10-16(14-6-4-3-5-7-14)22-19(18)25(2)24-13/h3-7,10H,8-9,11-12H2,1-2H3,(H,23,28)(H,26,27). The van der Waals surface area contributed by atoms with E-state index in [9.17, 15) is 14.7 Å². The molecule has 4 rings (SSSR count). The predicted molar refractivity (Wildman–Crippen MR) is 107 cm³/mol. The lowest BCUT2D eigenvalue weighted by molar-refractivity contribution is -0.138. The summed E-state index contributed by atoms with van der Waals surface area (Å²) < 4.78 is 7.05. The molecule has 1 aliphatic heterocycles. The van der Waals surface area contributed by atoms with Crippen molar-refractivity contribution in [1.82, 2.24) is 20.1 Å². The summed E-state index contributed by atoms with van der Waals surface area (Å²) in [5.74, 6) is -1.32. The van der Waals surface area contributed by atoms with E-state index in [0.29, 0.717) is 41.0 Å². The first-order valence-corrected chi connectivity index (χ1v) is 9.40. The smallest absolute Gasteiger partial charge is 0.305 e. The number of aryl methyl sites for hydroxylation is 2. The topological polar surface area (TPSA) is 106 Å². The zero-order valence-electron chi connectivity index (χ0n) is 16.3. The number of hydrogen-bond donors (Lipinski definition) is 2. The van der Waals surface area contributed by atoms with Gasteiger partial charge in [-0.1, -0.05) is 30.3 Å². The molecule has 8 heteroatoms. The van der Waals surface area contributed by atoms with E-state index in [4.69, 9.17) is 9.72 Å². The Morgan fingerprint density at radius 2 is 2.07 bits per heavy atom. The third-order valence-corrected chi connectivity index (χ3v) is 5.25. The van der Waals surface area contributed by atoms with Gasteiger partial charge >= 0.3 is 5.97 Å². The normalized spacial score (nSPS) is 18.8. The van der Waals surface area contributed by atoms with Crippen molar-refractivity contribution in [1.29, 1.82) is 0 Å². The molecule has 1 fully saturated rings. The number of aromatic nitrogens is 3. The van der Waals surface area contributed by atoms with Crippen LogP contribution in [0, 0.1) is 6.92 Å². The van der Waals surface area contributed by atoms with Crippen LogP contribution >= 0.6 is 0 Å². The van der Waals surface area contributed by atoms with Crippen LogP contribution < -0.4 is 5.32 Å². The van der Waals surface area contributed by atoms with Gasteiger partial charge in [0.2, 0.25) is 0 Å². The lowest BCUT2D eigenvalue weighted by Crippen LogP contribution is -2.50. The van der Waals surface area contributed by atoms with Gasteiger partial charge in [-0.15, -0.1) is 0 Å². The molecule has 0 spiro atoms. The molecule has 29 heavy (non-hydrogen) atoms. The van der Waals surface area contributed by atoms with E-state index < -0.39 is 11.5 Å². The monoisotopic (exact) mass is 394 g/mol. The molecular weight excluding hydrogens is 372 g/mol. The Morgan fingerprint density at radius 3 is 2.72 bits per heavy atom. The highest BCUT2D eigenvalue weighted by Gasteiger charge is 2.39. The predicted octanol–water partition coefficient (Wildman–Crippen LogP) is 2.31. The Balaban J connectivity index is 1.81. The number of amides is 1. The summed E-state index contributed by atoms with van der Waals surface area (Å²) >= 11 is 0. The largest absolute Gasteiger partial charge is 0.481 e. The summed E-state index contributed by atoms with van der Waals surface area (Å²) in [6.07, 6.45) is 0.265. The second-order valence-electron chi connectivity index (χ2n) is 7.44. The van der Waals surface area contributed by atoms with Gasteiger partial charge in [-0.25, -0.2) is 4.98 Å². The molecule has 1 atom stereocenters. The fourth-order valence-corrected chi connectivity index (χ4v) is 3.87. The molecule has 0 bridgehead atoms. The maximum Gasteiger partial charge on any atom is 0.305 e. The van der Waals surface area contributed by atoms with Crippen molar-refractivity contribution in [3.05, 3.63) is 47.7 Å². The fraction of sp³-hybridized carbons (Fsp3) is 0.333. The van der Waals surface area contributed by atoms with Crippen molar-refractivity contribution in [2.75, 3.05) is 13.2 Å². The molecule has 2 N–H and O–H groups in total. The molecule has 1 aliphatic rings. The molecular formula is C21H22N4O4. The number of carboxylic acid groups (broad SMARTS) is 1. The lowest BCUT2D eigenvalue weighted by Gasteiger charge is -2.27. The summed E-state index contributed by atoms with van der Waals surface area (Å²) in [5.41, 5.74) is 2.34. The fourth-order valence-electron chi connectivity index (χ4n) is 3.87. The minimum absolute atomic E-state index is 0.177. The van der Waals surface area contributed by atoms with Crippen LogP contribution in [-0.2, 0) is 16.6 Å². The summed E-state index contributed by atoms with van der Waals surface area (Å²) in [7, 11) is 1.79. The number of ether oxygens (including phenoxy) is 1. The Kier molecular flexibility index (Phi) is 4.79. The number of carbonyl (C=O) groups is 2. The number of nitrogens with zero attached hydrogens (tertiary/aromatic N) is 3. The number of carboxylic acids is 1. The van der Waals surface area contributed by atoms with Crippen LogP contribution in [0.15, 0.2) is 36.4 Å².